The largest absolute Gasteiger partial charge is 0.302 e. The van der Waals surface area contributed by atoms with Crippen molar-refractivity contribution in [2.45, 2.75) is 26.8 Å². The molecule has 0 fully saturated rings. The molecule has 0 aliphatic heterocycles. The zero-order valence-corrected chi connectivity index (χ0v) is 18.2. The van der Waals surface area contributed by atoms with Crippen LogP contribution in [0.4, 0.5) is 10.8 Å². The average molecular weight is 449 g/mol. The number of fused-ring (bicyclic) bond motifs is 1. The standard InChI is InChI=1S/C22H19N5O4S/c1-13-6-7-15(10-18(13)27(30)31)17-11-32-22(24-17)25-19(28)8-9-26-12-23-20-14(2)4-3-5-16(20)21(26)29/h3-7,10-12H,8-9H2,1-2H3,(H,24,25,28). The zero-order chi connectivity index (χ0) is 22.8. The lowest BCUT2D eigenvalue weighted by atomic mass is 10.1. The molecule has 0 atom stereocenters. The number of benzene rings is 2. The van der Waals surface area contributed by atoms with Crippen LogP contribution in [0.5, 0.6) is 0 Å². The Morgan fingerprint density at radius 1 is 1.22 bits per heavy atom. The molecule has 1 N–H and O–H groups in total. The molecule has 1 amide bonds. The van der Waals surface area contributed by atoms with E-state index in [1.54, 1.807) is 36.6 Å². The summed E-state index contributed by atoms with van der Waals surface area (Å²) in [4.78, 5) is 44.4. The fourth-order valence-corrected chi connectivity index (χ4v) is 4.07. The van der Waals surface area contributed by atoms with Crippen LogP contribution in [0.1, 0.15) is 17.5 Å². The summed E-state index contributed by atoms with van der Waals surface area (Å²) in [5, 5.41) is 16.5. The number of nitro groups is 1. The van der Waals surface area contributed by atoms with Crippen molar-refractivity contribution < 1.29 is 9.72 Å². The number of anilines is 1. The van der Waals surface area contributed by atoms with Crippen molar-refractivity contribution in [3.8, 4) is 11.3 Å². The molecule has 2 heterocycles. The number of nitro benzene ring substituents is 1. The number of nitrogens with one attached hydrogen (secondary N) is 1. The van der Waals surface area contributed by atoms with Crippen LogP contribution in [0, 0.1) is 24.0 Å². The Hall–Kier alpha value is -3.92. The van der Waals surface area contributed by atoms with E-state index in [0.717, 1.165) is 5.56 Å². The van der Waals surface area contributed by atoms with Crippen molar-refractivity contribution in [2.24, 2.45) is 0 Å². The molecular weight excluding hydrogens is 430 g/mol. The van der Waals surface area contributed by atoms with Gasteiger partial charge in [0.2, 0.25) is 5.91 Å². The maximum atomic E-state index is 12.6. The summed E-state index contributed by atoms with van der Waals surface area (Å²) in [6.07, 6.45) is 1.53. The van der Waals surface area contributed by atoms with Crippen molar-refractivity contribution in [2.75, 3.05) is 5.32 Å². The topological polar surface area (TPSA) is 120 Å². The van der Waals surface area contributed by atoms with Crippen LogP contribution < -0.4 is 10.9 Å². The summed E-state index contributed by atoms with van der Waals surface area (Å²) in [5.41, 5.74) is 3.11. The maximum Gasteiger partial charge on any atom is 0.272 e. The Bertz CT molecular complexity index is 1410. The Labute approximate surface area is 186 Å². The van der Waals surface area contributed by atoms with Crippen LogP contribution in [-0.4, -0.2) is 25.4 Å². The lowest BCUT2D eigenvalue weighted by molar-refractivity contribution is -0.385. The molecule has 32 heavy (non-hydrogen) atoms. The van der Waals surface area contributed by atoms with Crippen LogP contribution in [0.25, 0.3) is 22.2 Å². The molecule has 10 heteroatoms. The Kier molecular flexibility index (Phi) is 5.78. The molecule has 4 aromatic rings. The minimum atomic E-state index is -0.432. The number of amides is 1. The molecule has 0 radical (unpaired) electrons. The molecule has 2 aromatic heterocycles. The van der Waals surface area contributed by atoms with E-state index in [1.165, 1.54) is 28.3 Å². The summed E-state index contributed by atoms with van der Waals surface area (Å²) in [7, 11) is 0. The van der Waals surface area contributed by atoms with Gasteiger partial charge < -0.3 is 5.32 Å². The predicted octanol–water partition coefficient (Wildman–Crippen LogP) is 4.07. The normalized spacial score (nSPS) is 10.9. The van der Waals surface area contributed by atoms with Gasteiger partial charge in [-0.15, -0.1) is 11.3 Å². The van der Waals surface area contributed by atoms with E-state index < -0.39 is 4.92 Å². The van der Waals surface area contributed by atoms with E-state index in [2.05, 4.69) is 15.3 Å². The van der Waals surface area contributed by atoms with Gasteiger partial charge in [0.1, 0.15) is 0 Å². The average Bonchev–Trinajstić information content (AvgIpc) is 3.22. The predicted molar refractivity (Wildman–Crippen MR) is 123 cm³/mol. The Morgan fingerprint density at radius 2 is 2.03 bits per heavy atom. The lowest BCUT2D eigenvalue weighted by Gasteiger charge is -2.07. The Balaban J connectivity index is 1.44. The highest BCUT2D eigenvalue weighted by Gasteiger charge is 2.15. The van der Waals surface area contributed by atoms with E-state index in [-0.39, 0.29) is 30.1 Å². The van der Waals surface area contributed by atoms with Gasteiger partial charge >= 0.3 is 0 Å². The first-order valence-electron chi connectivity index (χ1n) is 9.79. The van der Waals surface area contributed by atoms with E-state index in [9.17, 15) is 19.7 Å². The SMILES string of the molecule is Cc1ccc(-c2csc(NC(=O)CCn3cnc4c(C)cccc4c3=O)n2)cc1[N+](=O)[O-]. The van der Waals surface area contributed by atoms with Gasteiger partial charge in [-0.1, -0.05) is 24.3 Å². The first kappa shape index (κ1) is 21.3. The van der Waals surface area contributed by atoms with Crippen molar-refractivity contribution in [3.05, 3.63) is 79.7 Å². The van der Waals surface area contributed by atoms with Crippen LogP contribution in [-0.2, 0) is 11.3 Å². The molecule has 0 bridgehead atoms. The number of aromatic nitrogens is 3. The van der Waals surface area contributed by atoms with Gasteiger partial charge in [-0.05, 0) is 25.5 Å². The summed E-state index contributed by atoms with van der Waals surface area (Å²) in [6.45, 7) is 3.75. The molecule has 4 rings (SSSR count). The lowest BCUT2D eigenvalue weighted by Crippen LogP contribution is -2.23. The van der Waals surface area contributed by atoms with Crippen molar-refractivity contribution >= 4 is 39.0 Å². The second kappa shape index (κ2) is 8.67. The van der Waals surface area contributed by atoms with Gasteiger partial charge in [0, 0.05) is 35.5 Å². The number of para-hydroxylation sites is 1. The molecule has 0 saturated carbocycles. The van der Waals surface area contributed by atoms with E-state index >= 15 is 0 Å². The number of carbonyl (C=O) groups is 1. The van der Waals surface area contributed by atoms with Gasteiger partial charge in [0.05, 0.1) is 27.8 Å². The van der Waals surface area contributed by atoms with E-state index in [1.807, 2.05) is 13.0 Å². The molecular formula is C22H19N5O4S. The van der Waals surface area contributed by atoms with Crippen LogP contribution >= 0.6 is 11.3 Å². The van der Waals surface area contributed by atoms with Gasteiger partial charge in [0.15, 0.2) is 5.13 Å². The van der Waals surface area contributed by atoms with Crippen molar-refractivity contribution in [1.82, 2.24) is 14.5 Å². The molecule has 0 aliphatic carbocycles. The molecule has 0 spiro atoms. The molecule has 0 saturated heterocycles. The number of rotatable bonds is 6. The molecule has 0 aliphatic rings. The second-order valence-corrected chi connectivity index (χ2v) is 8.17. The molecule has 2 aromatic carbocycles. The summed E-state index contributed by atoms with van der Waals surface area (Å²) in [5.74, 6) is -0.294. The highest BCUT2D eigenvalue weighted by Crippen LogP contribution is 2.29. The maximum absolute atomic E-state index is 12.6. The fraction of sp³-hybridized carbons (Fsp3) is 0.182. The number of hydrogen-bond acceptors (Lipinski definition) is 7. The minimum Gasteiger partial charge on any atom is -0.302 e. The fourth-order valence-electron chi connectivity index (χ4n) is 3.33. The first-order valence-corrected chi connectivity index (χ1v) is 10.7. The van der Waals surface area contributed by atoms with E-state index in [4.69, 9.17) is 0 Å². The number of aryl methyl sites for hydroxylation is 3. The second-order valence-electron chi connectivity index (χ2n) is 7.31. The van der Waals surface area contributed by atoms with Gasteiger partial charge in [-0.2, -0.15) is 0 Å². The van der Waals surface area contributed by atoms with Crippen LogP contribution in [0.15, 0.2) is 52.9 Å². The zero-order valence-electron chi connectivity index (χ0n) is 17.4. The minimum absolute atomic E-state index is 0.0192. The number of nitrogens with zero attached hydrogens (tertiary/aromatic N) is 4. The van der Waals surface area contributed by atoms with Gasteiger partial charge in [-0.3, -0.25) is 24.3 Å². The van der Waals surface area contributed by atoms with Crippen LogP contribution in [0.3, 0.4) is 0 Å². The third-order valence-electron chi connectivity index (χ3n) is 5.09. The quantitative estimate of drug-likeness (QED) is 0.350. The number of hydrogen-bond donors (Lipinski definition) is 1. The number of thiazole rings is 1. The van der Waals surface area contributed by atoms with E-state index in [0.29, 0.717) is 32.9 Å². The van der Waals surface area contributed by atoms with Gasteiger partial charge in [0.25, 0.3) is 11.2 Å². The highest BCUT2D eigenvalue weighted by molar-refractivity contribution is 7.14. The Morgan fingerprint density at radius 3 is 2.81 bits per heavy atom. The smallest absolute Gasteiger partial charge is 0.272 e. The molecule has 0 unspecified atom stereocenters. The van der Waals surface area contributed by atoms with Crippen molar-refractivity contribution in [3.63, 3.8) is 0 Å². The van der Waals surface area contributed by atoms with Crippen LogP contribution in [0.2, 0.25) is 0 Å². The van der Waals surface area contributed by atoms with Crippen molar-refractivity contribution in [1.29, 1.82) is 0 Å². The molecule has 9 nitrogen and oxygen atoms in total. The summed E-state index contributed by atoms with van der Waals surface area (Å²) in [6, 6.07) is 10.3. The number of carbonyl (C=O) groups excluding carboxylic acids is 1. The third-order valence-corrected chi connectivity index (χ3v) is 5.84. The third kappa shape index (κ3) is 4.26. The summed E-state index contributed by atoms with van der Waals surface area (Å²) >= 11 is 1.23. The molecule has 162 valence electrons. The summed E-state index contributed by atoms with van der Waals surface area (Å²) < 4.78 is 1.42. The highest BCUT2D eigenvalue weighted by atomic mass is 32.1. The first-order chi connectivity index (χ1) is 15.3. The monoisotopic (exact) mass is 449 g/mol. The van der Waals surface area contributed by atoms with Gasteiger partial charge in [-0.25, -0.2) is 9.97 Å².